The molecule has 0 amide bonds. The molecule has 0 aromatic heterocycles. The van der Waals surface area contributed by atoms with E-state index >= 15 is 0 Å². The topological polar surface area (TPSA) is 30.5 Å². The van der Waals surface area contributed by atoms with Crippen LogP contribution in [0.3, 0.4) is 0 Å². The first kappa shape index (κ1) is 14.5. The van der Waals surface area contributed by atoms with Gasteiger partial charge in [-0.2, -0.15) is 0 Å². The molecule has 5 heteroatoms. The first-order valence-electron chi connectivity index (χ1n) is 6.72. The molecule has 21 heavy (non-hydrogen) atoms. The third kappa shape index (κ3) is 3.44. The summed E-state index contributed by atoms with van der Waals surface area (Å²) < 4.78 is 11.8. The van der Waals surface area contributed by atoms with Gasteiger partial charge in [0, 0.05) is 22.6 Å². The van der Waals surface area contributed by atoms with E-state index in [-0.39, 0.29) is 12.8 Å². The van der Waals surface area contributed by atoms with Gasteiger partial charge in [-0.25, -0.2) is 0 Å². The van der Waals surface area contributed by atoms with Crippen molar-refractivity contribution in [1.29, 1.82) is 0 Å². The van der Waals surface area contributed by atoms with Crippen molar-refractivity contribution in [2.24, 2.45) is 0 Å². The molecule has 0 fully saturated rings. The van der Waals surface area contributed by atoms with E-state index in [4.69, 9.17) is 21.1 Å². The van der Waals surface area contributed by atoms with Crippen LogP contribution in [0.25, 0.3) is 0 Å². The molecule has 0 spiro atoms. The summed E-state index contributed by atoms with van der Waals surface area (Å²) in [6.45, 7) is 2.38. The molecule has 110 valence electrons. The number of halogens is 2. The molecule has 0 bridgehead atoms. The molecule has 1 atom stereocenters. The summed E-state index contributed by atoms with van der Waals surface area (Å²) in [5.74, 6) is 1.43. The van der Waals surface area contributed by atoms with E-state index in [2.05, 4.69) is 52.4 Å². The van der Waals surface area contributed by atoms with Crippen LogP contribution in [0, 0.1) is 0 Å². The zero-order chi connectivity index (χ0) is 14.8. The van der Waals surface area contributed by atoms with E-state index in [9.17, 15) is 0 Å². The minimum absolute atomic E-state index is 0.254. The Morgan fingerprint density at radius 2 is 1.86 bits per heavy atom. The second kappa shape index (κ2) is 6.16. The molecular weight excluding hydrogens is 354 g/mol. The third-order valence-corrected chi connectivity index (χ3v) is 4.16. The molecule has 1 unspecified atom stereocenters. The van der Waals surface area contributed by atoms with E-state index in [0.29, 0.717) is 10.8 Å². The Morgan fingerprint density at radius 1 is 1.19 bits per heavy atom. The van der Waals surface area contributed by atoms with Crippen LogP contribution in [0.4, 0.5) is 5.69 Å². The summed E-state index contributed by atoms with van der Waals surface area (Å²) in [7, 11) is 0. The fraction of sp³-hybridized carbons (Fsp3) is 0.250. The van der Waals surface area contributed by atoms with Gasteiger partial charge in [0.05, 0.1) is 10.7 Å². The first-order chi connectivity index (χ1) is 10.1. The van der Waals surface area contributed by atoms with Crippen molar-refractivity contribution < 1.29 is 9.47 Å². The van der Waals surface area contributed by atoms with Crippen LogP contribution in [0.15, 0.2) is 40.9 Å². The molecule has 2 aromatic carbocycles. The maximum absolute atomic E-state index is 6.27. The molecule has 0 aliphatic carbocycles. The Balaban J connectivity index is 1.70. The number of fused-ring (bicyclic) bond motifs is 1. The maximum Gasteiger partial charge on any atom is 0.231 e. The van der Waals surface area contributed by atoms with E-state index in [1.54, 1.807) is 6.07 Å². The smallest absolute Gasteiger partial charge is 0.231 e. The summed E-state index contributed by atoms with van der Waals surface area (Å²) in [4.78, 5) is 0. The van der Waals surface area contributed by atoms with Crippen LogP contribution < -0.4 is 14.8 Å². The summed E-state index contributed by atoms with van der Waals surface area (Å²) in [6, 6.07) is 12.3. The van der Waals surface area contributed by atoms with Crippen molar-refractivity contribution in [2.75, 3.05) is 12.1 Å². The van der Waals surface area contributed by atoms with Crippen LogP contribution in [0.2, 0.25) is 5.02 Å². The highest BCUT2D eigenvalue weighted by atomic mass is 79.9. The maximum atomic E-state index is 6.27. The monoisotopic (exact) mass is 367 g/mol. The molecule has 0 saturated heterocycles. The zero-order valence-electron chi connectivity index (χ0n) is 11.5. The van der Waals surface area contributed by atoms with Crippen molar-refractivity contribution in [3.63, 3.8) is 0 Å². The van der Waals surface area contributed by atoms with Gasteiger partial charge in [-0.3, -0.25) is 0 Å². The summed E-state index contributed by atoms with van der Waals surface area (Å²) in [5, 5.41) is 4.06. The lowest BCUT2D eigenvalue weighted by Crippen LogP contribution is -2.18. The molecule has 3 nitrogen and oxygen atoms in total. The molecule has 1 N–H and O–H groups in total. The molecule has 2 aromatic rings. The Hall–Kier alpha value is -1.39. The van der Waals surface area contributed by atoms with Gasteiger partial charge >= 0.3 is 0 Å². The zero-order valence-corrected chi connectivity index (χ0v) is 13.9. The summed E-state index contributed by atoms with van der Waals surface area (Å²) >= 11 is 9.72. The van der Waals surface area contributed by atoms with E-state index in [0.717, 1.165) is 22.3 Å². The van der Waals surface area contributed by atoms with E-state index < -0.39 is 0 Å². The normalized spacial score (nSPS) is 14.0. The Morgan fingerprint density at radius 3 is 2.57 bits per heavy atom. The molecule has 0 radical (unpaired) electrons. The molecule has 1 heterocycles. The number of ether oxygens (including phenoxy) is 2. The first-order valence-corrected chi connectivity index (χ1v) is 7.89. The Labute approximate surface area is 137 Å². The third-order valence-electron chi connectivity index (χ3n) is 3.32. The van der Waals surface area contributed by atoms with Gasteiger partial charge in [-0.05, 0) is 31.0 Å². The molecule has 1 aliphatic rings. The van der Waals surface area contributed by atoms with Gasteiger partial charge in [0.25, 0.3) is 0 Å². The van der Waals surface area contributed by atoms with Gasteiger partial charge in [-0.15, -0.1) is 0 Å². The highest BCUT2D eigenvalue weighted by Crippen LogP contribution is 2.39. The summed E-state index contributed by atoms with van der Waals surface area (Å²) in [6.07, 6.45) is 0.915. The van der Waals surface area contributed by atoms with Gasteiger partial charge in [0.1, 0.15) is 0 Å². The number of rotatable bonds is 4. The van der Waals surface area contributed by atoms with Crippen LogP contribution in [-0.4, -0.2) is 12.8 Å². The minimum Gasteiger partial charge on any atom is -0.454 e. The SMILES string of the molecule is CC(Cc1ccc(Br)cc1)Nc1cc2c(cc1Cl)OCO2. The number of hydrogen-bond donors (Lipinski definition) is 1. The quantitative estimate of drug-likeness (QED) is 0.835. The average molecular weight is 369 g/mol. The van der Waals surface area contributed by atoms with Gasteiger partial charge < -0.3 is 14.8 Å². The fourth-order valence-electron chi connectivity index (χ4n) is 2.32. The summed E-state index contributed by atoms with van der Waals surface area (Å²) in [5.41, 5.74) is 2.14. The molecule has 3 rings (SSSR count). The van der Waals surface area contributed by atoms with Gasteiger partial charge in [0.2, 0.25) is 6.79 Å². The lowest BCUT2D eigenvalue weighted by molar-refractivity contribution is 0.174. The van der Waals surface area contributed by atoms with Crippen molar-refractivity contribution >= 4 is 33.2 Å². The van der Waals surface area contributed by atoms with E-state index in [1.165, 1.54) is 5.56 Å². The lowest BCUT2D eigenvalue weighted by atomic mass is 10.1. The molecule has 1 aliphatic heterocycles. The predicted molar refractivity (Wildman–Crippen MR) is 88.5 cm³/mol. The average Bonchev–Trinajstić information content (AvgIpc) is 2.89. The van der Waals surface area contributed by atoms with Crippen LogP contribution in [0.1, 0.15) is 12.5 Å². The van der Waals surface area contributed by atoms with Crippen molar-refractivity contribution in [3.05, 3.63) is 51.5 Å². The minimum atomic E-state index is 0.254. The van der Waals surface area contributed by atoms with Crippen molar-refractivity contribution in [2.45, 2.75) is 19.4 Å². The van der Waals surface area contributed by atoms with Crippen molar-refractivity contribution in [1.82, 2.24) is 0 Å². The van der Waals surface area contributed by atoms with Crippen molar-refractivity contribution in [3.8, 4) is 11.5 Å². The standard InChI is InChI=1S/C16H15BrClNO2/c1-10(6-11-2-4-12(17)5-3-11)19-14-8-16-15(7-13(14)18)20-9-21-16/h2-5,7-8,10,19H,6,9H2,1H3. The molecular formula is C16H15BrClNO2. The number of benzene rings is 2. The number of anilines is 1. The Bertz CT molecular complexity index is 645. The number of nitrogens with one attached hydrogen (secondary N) is 1. The lowest BCUT2D eigenvalue weighted by Gasteiger charge is -2.17. The largest absolute Gasteiger partial charge is 0.454 e. The Kier molecular flexibility index (Phi) is 4.27. The predicted octanol–water partition coefficient (Wildman–Crippen LogP) is 4.87. The number of hydrogen-bond acceptors (Lipinski definition) is 3. The second-order valence-electron chi connectivity index (χ2n) is 5.06. The van der Waals surface area contributed by atoms with Gasteiger partial charge in [0.15, 0.2) is 11.5 Å². The molecule has 0 saturated carbocycles. The van der Waals surface area contributed by atoms with Crippen LogP contribution in [0.5, 0.6) is 11.5 Å². The highest BCUT2D eigenvalue weighted by Gasteiger charge is 2.17. The fourth-order valence-corrected chi connectivity index (χ4v) is 2.79. The highest BCUT2D eigenvalue weighted by molar-refractivity contribution is 9.10. The van der Waals surface area contributed by atoms with Crippen LogP contribution in [-0.2, 0) is 6.42 Å². The van der Waals surface area contributed by atoms with Gasteiger partial charge in [-0.1, -0.05) is 39.7 Å². The van der Waals surface area contributed by atoms with Crippen LogP contribution >= 0.6 is 27.5 Å². The second-order valence-corrected chi connectivity index (χ2v) is 6.38. The van der Waals surface area contributed by atoms with E-state index in [1.807, 2.05) is 6.07 Å².